The third-order valence-electron chi connectivity index (χ3n) is 3.30. The van der Waals surface area contributed by atoms with Gasteiger partial charge in [0.1, 0.15) is 5.82 Å². The van der Waals surface area contributed by atoms with Crippen LogP contribution in [0.4, 0.5) is 4.39 Å². The van der Waals surface area contributed by atoms with Crippen LogP contribution in [0.5, 0.6) is 0 Å². The summed E-state index contributed by atoms with van der Waals surface area (Å²) in [6, 6.07) is 13.8. The van der Waals surface area contributed by atoms with Gasteiger partial charge in [-0.15, -0.1) is 0 Å². The van der Waals surface area contributed by atoms with E-state index in [0.717, 1.165) is 5.56 Å². The average molecular weight is 283 g/mol. The smallest absolute Gasteiger partial charge is 0.340 e. The predicted octanol–water partition coefficient (Wildman–Crippen LogP) is 4.15. The fourth-order valence-electron chi connectivity index (χ4n) is 2.40. The van der Waals surface area contributed by atoms with Crippen LogP contribution in [0.3, 0.4) is 0 Å². The number of aromatic amines is 1. The normalized spacial score (nSPS) is 10.8. The van der Waals surface area contributed by atoms with Gasteiger partial charge in [-0.05, 0) is 30.7 Å². The first-order chi connectivity index (χ1) is 10.2. The number of esters is 1. The molecule has 3 rings (SSSR count). The van der Waals surface area contributed by atoms with E-state index in [1.165, 1.54) is 12.1 Å². The van der Waals surface area contributed by atoms with Crippen molar-refractivity contribution in [2.45, 2.75) is 6.92 Å². The number of halogens is 1. The van der Waals surface area contributed by atoms with E-state index in [1.54, 1.807) is 13.0 Å². The minimum atomic E-state index is -0.451. The Kier molecular flexibility index (Phi) is 3.44. The fourth-order valence-corrected chi connectivity index (χ4v) is 2.40. The number of nitrogens with one attached hydrogen (secondary N) is 1. The Labute approximate surface area is 121 Å². The zero-order valence-electron chi connectivity index (χ0n) is 11.5. The quantitative estimate of drug-likeness (QED) is 0.734. The molecule has 0 saturated carbocycles. The number of fused-ring (bicyclic) bond motifs is 1. The van der Waals surface area contributed by atoms with Gasteiger partial charge in [-0.2, -0.15) is 0 Å². The zero-order chi connectivity index (χ0) is 14.8. The van der Waals surface area contributed by atoms with Gasteiger partial charge >= 0.3 is 5.97 Å². The molecule has 21 heavy (non-hydrogen) atoms. The van der Waals surface area contributed by atoms with E-state index < -0.39 is 5.97 Å². The molecule has 1 N–H and O–H groups in total. The lowest BCUT2D eigenvalue weighted by Crippen LogP contribution is -2.05. The molecule has 0 aliphatic carbocycles. The molecule has 0 bridgehead atoms. The molecule has 0 radical (unpaired) electrons. The number of carbonyl (C=O) groups is 1. The SMILES string of the molecule is CCOC(=O)c1c(-c2ccccc2)[nH]c2ccc(F)cc12. The highest BCUT2D eigenvalue weighted by atomic mass is 19.1. The van der Waals surface area contributed by atoms with Gasteiger partial charge in [0, 0.05) is 10.9 Å². The number of benzene rings is 2. The van der Waals surface area contributed by atoms with Crippen molar-refractivity contribution in [1.29, 1.82) is 0 Å². The molecule has 3 nitrogen and oxygen atoms in total. The van der Waals surface area contributed by atoms with Crippen molar-refractivity contribution in [2.24, 2.45) is 0 Å². The fraction of sp³-hybridized carbons (Fsp3) is 0.118. The molecule has 3 aromatic rings. The lowest BCUT2D eigenvalue weighted by atomic mass is 10.1. The van der Waals surface area contributed by atoms with Gasteiger partial charge in [0.25, 0.3) is 0 Å². The average Bonchev–Trinajstić information content (AvgIpc) is 2.87. The maximum absolute atomic E-state index is 13.5. The van der Waals surface area contributed by atoms with E-state index in [0.29, 0.717) is 22.2 Å². The van der Waals surface area contributed by atoms with Crippen LogP contribution in [0, 0.1) is 5.82 Å². The maximum Gasteiger partial charge on any atom is 0.340 e. The lowest BCUT2D eigenvalue weighted by Gasteiger charge is -2.04. The van der Waals surface area contributed by atoms with Crippen molar-refractivity contribution < 1.29 is 13.9 Å². The first-order valence-corrected chi connectivity index (χ1v) is 6.74. The summed E-state index contributed by atoms with van der Waals surface area (Å²) in [7, 11) is 0. The van der Waals surface area contributed by atoms with E-state index in [9.17, 15) is 9.18 Å². The van der Waals surface area contributed by atoms with Crippen LogP contribution in [0.1, 0.15) is 17.3 Å². The third kappa shape index (κ3) is 2.40. The third-order valence-corrected chi connectivity index (χ3v) is 3.30. The molecule has 0 atom stereocenters. The molecule has 2 aromatic carbocycles. The minimum Gasteiger partial charge on any atom is -0.462 e. The van der Waals surface area contributed by atoms with Crippen molar-refractivity contribution >= 4 is 16.9 Å². The van der Waals surface area contributed by atoms with Gasteiger partial charge in [-0.1, -0.05) is 30.3 Å². The summed E-state index contributed by atoms with van der Waals surface area (Å²) < 4.78 is 18.6. The van der Waals surface area contributed by atoms with Crippen molar-refractivity contribution in [3.63, 3.8) is 0 Å². The Morgan fingerprint density at radius 3 is 2.67 bits per heavy atom. The number of hydrogen-bond donors (Lipinski definition) is 1. The molecular weight excluding hydrogens is 269 g/mol. The number of carbonyl (C=O) groups excluding carboxylic acids is 1. The minimum absolute atomic E-state index is 0.273. The highest BCUT2D eigenvalue weighted by molar-refractivity contribution is 6.10. The Balaban J connectivity index is 2.28. The van der Waals surface area contributed by atoms with Crippen molar-refractivity contribution in [3.05, 3.63) is 59.9 Å². The highest BCUT2D eigenvalue weighted by Crippen LogP contribution is 2.31. The summed E-state index contributed by atoms with van der Waals surface area (Å²) in [5.74, 6) is -0.833. The van der Waals surface area contributed by atoms with Gasteiger partial charge in [-0.3, -0.25) is 0 Å². The first-order valence-electron chi connectivity index (χ1n) is 6.74. The summed E-state index contributed by atoms with van der Waals surface area (Å²) in [6.07, 6.45) is 0. The maximum atomic E-state index is 13.5. The zero-order valence-corrected chi connectivity index (χ0v) is 11.5. The molecule has 0 spiro atoms. The van der Waals surface area contributed by atoms with E-state index >= 15 is 0 Å². The van der Waals surface area contributed by atoms with E-state index in [1.807, 2.05) is 30.3 Å². The van der Waals surface area contributed by atoms with Gasteiger partial charge in [0.2, 0.25) is 0 Å². The predicted molar refractivity (Wildman–Crippen MR) is 79.6 cm³/mol. The van der Waals surface area contributed by atoms with Crippen LogP contribution in [-0.2, 0) is 4.74 Å². The Hall–Kier alpha value is -2.62. The lowest BCUT2D eigenvalue weighted by molar-refractivity contribution is 0.0529. The Morgan fingerprint density at radius 2 is 1.95 bits per heavy atom. The Morgan fingerprint density at radius 1 is 1.19 bits per heavy atom. The first kappa shape index (κ1) is 13.4. The van der Waals surface area contributed by atoms with Crippen molar-refractivity contribution in [2.75, 3.05) is 6.61 Å². The molecule has 0 saturated heterocycles. The van der Waals surface area contributed by atoms with Crippen LogP contribution in [0.15, 0.2) is 48.5 Å². The number of aromatic nitrogens is 1. The molecule has 106 valence electrons. The van der Waals surface area contributed by atoms with Gasteiger partial charge < -0.3 is 9.72 Å². The molecule has 1 aromatic heterocycles. The summed E-state index contributed by atoms with van der Waals surface area (Å²) >= 11 is 0. The van der Waals surface area contributed by atoms with Gasteiger partial charge in [0.15, 0.2) is 0 Å². The molecule has 4 heteroatoms. The molecule has 0 amide bonds. The van der Waals surface area contributed by atoms with Crippen molar-refractivity contribution in [3.8, 4) is 11.3 Å². The summed E-state index contributed by atoms with van der Waals surface area (Å²) in [6.45, 7) is 2.02. The molecule has 0 aliphatic rings. The van der Waals surface area contributed by atoms with Gasteiger partial charge in [-0.25, -0.2) is 9.18 Å². The van der Waals surface area contributed by atoms with Crippen LogP contribution >= 0.6 is 0 Å². The summed E-state index contributed by atoms with van der Waals surface area (Å²) in [5.41, 5.74) is 2.59. The van der Waals surface area contributed by atoms with E-state index in [2.05, 4.69) is 4.98 Å². The molecule has 1 heterocycles. The topological polar surface area (TPSA) is 42.1 Å². The summed E-state index contributed by atoms with van der Waals surface area (Å²) in [5, 5.41) is 0.535. The second kappa shape index (κ2) is 5.40. The second-order valence-electron chi connectivity index (χ2n) is 4.65. The number of ether oxygens (including phenoxy) is 1. The standard InChI is InChI=1S/C17H14FNO2/c1-2-21-17(20)15-13-10-12(18)8-9-14(13)19-16(15)11-6-4-3-5-7-11/h3-10,19H,2H2,1H3. The van der Waals surface area contributed by atoms with E-state index in [-0.39, 0.29) is 12.4 Å². The van der Waals surface area contributed by atoms with E-state index in [4.69, 9.17) is 4.74 Å². The largest absolute Gasteiger partial charge is 0.462 e. The monoisotopic (exact) mass is 283 g/mol. The van der Waals surface area contributed by atoms with Crippen LogP contribution < -0.4 is 0 Å². The number of H-pyrrole nitrogens is 1. The Bertz CT molecular complexity index is 793. The molecule has 0 fully saturated rings. The van der Waals surface area contributed by atoms with Gasteiger partial charge in [0.05, 0.1) is 17.9 Å². The molecular formula is C17H14FNO2. The van der Waals surface area contributed by atoms with Crippen LogP contribution in [0.2, 0.25) is 0 Å². The number of hydrogen-bond acceptors (Lipinski definition) is 2. The highest BCUT2D eigenvalue weighted by Gasteiger charge is 2.21. The number of rotatable bonds is 3. The molecule has 0 unspecified atom stereocenters. The van der Waals surface area contributed by atoms with Crippen molar-refractivity contribution in [1.82, 2.24) is 4.98 Å². The van der Waals surface area contributed by atoms with Crippen LogP contribution in [-0.4, -0.2) is 17.6 Å². The van der Waals surface area contributed by atoms with Crippen LogP contribution in [0.25, 0.3) is 22.2 Å². The summed E-state index contributed by atoms with van der Waals surface area (Å²) in [4.78, 5) is 15.4. The molecule has 0 aliphatic heterocycles. The second-order valence-corrected chi connectivity index (χ2v) is 4.65.